The maximum Gasteiger partial charge on any atom is 0.440 e. The summed E-state index contributed by atoms with van der Waals surface area (Å²) in [7, 11) is 0.861. The molecule has 0 radical (unpaired) electrons. The topological polar surface area (TPSA) is 87.7 Å². The molecule has 22 heavy (non-hydrogen) atoms. The van der Waals surface area contributed by atoms with Gasteiger partial charge in [0.1, 0.15) is 0 Å². The summed E-state index contributed by atoms with van der Waals surface area (Å²) in [6.45, 7) is 0. The number of imide groups is 1. The summed E-state index contributed by atoms with van der Waals surface area (Å²) in [5.41, 5.74) is -3.48. The van der Waals surface area contributed by atoms with Gasteiger partial charge in [0.15, 0.2) is 0 Å². The van der Waals surface area contributed by atoms with Crippen molar-refractivity contribution in [1.29, 1.82) is 0 Å². The number of hydrogen-bond donors (Lipinski definition) is 2. The molecule has 10 heteroatoms. The third kappa shape index (κ3) is 2.57. The molecule has 0 unspecified atom stereocenters. The Kier molecular flexibility index (Phi) is 4.21. The zero-order chi connectivity index (χ0) is 16.5. The van der Waals surface area contributed by atoms with Crippen molar-refractivity contribution in [2.24, 2.45) is 0 Å². The lowest BCUT2D eigenvalue weighted by atomic mass is 9.94. The Bertz CT molecular complexity index is 490. The van der Waals surface area contributed by atoms with Gasteiger partial charge in [-0.05, 0) is 12.8 Å². The number of carbonyl (C=O) groups excluding carboxylic acids is 3. The Morgan fingerprint density at radius 2 is 1.91 bits per heavy atom. The second kappa shape index (κ2) is 5.65. The van der Waals surface area contributed by atoms with Crippen LogP contribution in [0, 0.1) is 0 Å². The van der Waals surface area contributed by atoms with Crippen LogP contribution in [0.25, 0.3) is 0 Å². The van der Waals surface area contributed by atoms with E-state index >= 15 is 0 Å². The molecule has 0 aromatic carbocycles. The van der Waals surface area contributed by atoms with E-state index in [1.54, 1.807) is 5.32 Å². The molecule has 0 bridgehead atoms. The van der Waals surface area contributed by atoms with Gasteiger partial charge in [-0.1, -0.05) is 19.3 Å². The number of amides is 4. The van der Waals surface area contributed by atoms with Gasteiger partial charge in [0, 0.05) is 6.04 Å². The van der Waals surface area contributed by atoms with E-state index < -0.39 is 35.9 Å². The van der Waals surface area contributed by atoms with Crippen LogP contribution >= 0.6 is 0 Å². The molecule has 2 fully saturated rings. The Hall–Kier alpha value is -2.00. The summed E-state index contributed by atoms with van der Waals surface area (Å²) in [6, 6.07) is -1.75. The first kappa shape index (κ1) is 16.4. The largest absolute Gasteiger partial charge is 0.453 e. The lowest BCUT2D eigenvalue weighted by Crippen LogP contribution is -2.69. The first-order valence-corrected chi connectivity index (χ1v) is 6.81. The molecule has 0 spiro atoms. The molecule has 2 rings (SSSR count). The van der Waals surface area contributed by atoms with Crippen molar-refractivity contribution < 1.29 is 32.3 Å². The molecule has 1 aliphatic heterocycles. The molecule has 2 N–H and O–H groups in total. The average molecular weight is 323 g/mol. The van der Waals surface area contributed by atoms with Crippen molar-refractivity contribution >= 4 is 18.0 Å². The minimum absolute atomic E-state index is 0.450. The smallest absolute Gasteiger partial charge is 0.440 e. The van der Waals surface area contributed by atoms with Crippen LogP contribution in [0.15, 0.2) is 0 Å². The van der Waals surface area contributed by atoms with Gasteiger partial charge in [0.25, 0.3) is 11.6 Å². The van der Waals surface area contributed by atoms with Crippen molar-refractivity contribution in [2.75, 3.05) is 7.11 Å². The van der Waals surface area contributed by atoms with Gasteiger partial charge in [0.05, 0.1) is 7.11 Å². The molecule has 0 aromatic heterocycles. The van der Waals surface area contributed by atoms with Crippen molar-refractivity contribution in [3.63, 3.8) is 0 Å². The highest BCUT2D eigenvalue weighted by molar-refractivity contribution is 6.08. The van der Waals surface area contributed by atoms with Crippen molar-refractivity contribution in [1.82, 2.24) is 15.5 Å². The second-order valence-corrected chi connectivity index (χ2v) is 5.26. The van der Waals surface area contributed by atoms with E-state index in [0.29, 0.717) is 17.7 Å². The summed E-state index contributed by atoms with van der Waals surface area (Å²) in [6.07, 6.45) is -3.40. The fourth-order valence-corrected chi connectivity index (χ4v) is 2.77. The first-order valence-electron chi connectivity index (χ1n) is 6.81. The number of rotatable bonds is 2. The molecule has 2 aliphatic rings. The lowest BCUT2D eigenvalue weighted by Gasteiger charge is -2.31. The van der Waals surface area contributed by atoms with E-state index in [0.717, 1.165) is 26.4 Å². The SMILES string of the molecule is COC(=O)N[C@]1(C(F)(F)F)NC(=O)N(C2CCCCC2)C1=O. The molecule has 4 amide bonds. The Labute approximate surface area is 124 Å². The van der Waals surface area contributed by atoms with Gasteiger partial charge in [0.2, 0.25) is 0 Å². The summed E-state index contributed by atoms with van der Waals surface area (Å²) in [5, 5.41) is 2.99. The van der Waals surface area contributed by atoms with Crippen molar-refractivity contribution in [3.8, 4) is 0 Å². The molecular weight excluding hydrogens is 307 g/mol. The highest BCUT2D eigenvalue weighted by Crippen LogP contribution is 2.36. The maximum absolute atomic E-state index is 13.3. The van der Waals surface area contributed by atoms with Crippen LogP contribution in [0.5, 0.6) is 0 Å². The number of methoxy groups -OCH3 is 1. The van der Waals surface area contributed by atoms with E-state index in [1.165, 1.54) is 5.32 Å². The minimum Gasteiger partial charge on any atom is -0.453 e. The van der Waals surface area contributed by atoms with E-state index in [2.05, 4.69) is 4.74 Å². The molecule has 1 heterocycles. The standard InChI is InChI=1S/C12H16F3N3O4/c1-22-10(21)17-11(12(13,14)15)8(19)18(9(20)16-11)7-5-3-2-4-6-7/h7H,2-6H2,1H3,(H,16,20)(H,17,21)/t11-/m1/s1. The zero-order valence-electron chi connectivity index (χ0n) is 11.8. The van der Waals surface area contributed by atoms with Crippen LogP contribution in [0.2, 0.25) is 0 Å². The number of ether oxygens (including phenoxy) is 1. The van der Waals surface area contributed by atoms with Crippen LogP contribution in [-0.4, -0.2) is 47.9 Å². The quantitative estimate of drug-likeness (QED) is 0.754. The fourth-order valence-electron chi connectivity index (χ4n) is 2.77. The average Bonchev–Trinajstić information content (AvgIpc) is 2.71. The number of nitrogens with one attached hydrogen (secondary N) is 2. The molecule has 1 aliphatic carbocycles. The maximum atomic E-state index is 13.3. The monoisotopic (exact) mass is 323 g/mol. The summed E-state index contributed by atoms with van der Waals surface area (Å²) >= 11 is 0. The van der Waals surface area contributed by atoms with Gasteiger partial charge in [-0.15, -0.1) is 0 Å². The molecule has 1 saturated carbocycles. The van der Waals surface area contributed by atoms with Crippen LogP contribution in [0.4, 0.5) is 22.8 Å². The minimum atomic E-state index is -5.20. The summed E-state index contributed by atoms with van der Waals surface area (Å²) in [4.78, 5) is 36.0. The van der Waals surface area contributed by atoms with E-state index in [-0.39, 0.29) is 0 Å². The number of nitrogens with zero attached hydrogens (tertiary/aromatic N) is 1. The summed E-state index contributed by atoms with van der Waals surface area (Å²) in [5.74, 6) is -1.53. The van der Waals surface area contributed by atoms with Gasteiger partial charge in [-0.2, -0.15) is 13.2 Å². The molecule has 7 nitrogen and oxygen atoms in total. The first-order chi connectivity index (χ1) is 10.2. The number of alkyl halides is 3. The number of alkyl carbamates (subject to hydrolysis) is 1. The highest BCUT2D eigenvalue weighted by Gasteiger charge is 2.69. The van der Waals surface area contributed by atoms with Gasteiger partial charge in [-0.25, -0.2) is 9.59 Å². The second-order valence-electron chi connectivity index (χ2n) is 5.26. The Morgan fingerprint density at radius 1 is 1.32 bits per heavy atom. The normalized spacial score (nSPS) is 26.8. The van der Waals surface area contributed by atoms with Crippen molar-refractivity contribution in [2.45, 2.75) is 50.0 Å². The van der Waals surface area contributed by atoms with E-state index in [4.69, 9.17) is 0 Å². The summed E-state index contributed by atoms with van der Waals surface area (Å²) < 4.78 is 44.2. The predicted octanol–water partition coefficient (Wildman–Crippen LogP) is 1.49. The van der Waals surface area contributed by atoms with E-state index in [1.807, 2.05) is 0 Å². The molecule has 1 saturated heterocycles. The molecule has 1 atom stereocenters. The van der Waals surface area contributed by atoms with Gasteiger partial charge < -0.3 is 4.74 Å². The number of hydrogen-bond acceptors (Lipinski definition) is 4. The fraction of sp³-hybridized carbons (Fsp3) is 0.750. The van der Waals surface area contributed by atoms with Crippen LogP contribution in [0.1, 0.15) is 32.1 Å². The number of urea groups is 1. The molecular formula is C12H16F3N3O4. The molecule has 124 valence electrons. The number of halogens is 3. The Balaban J connectivity index is 2.33. The van der Waals surface area contributed by atoms with Gasteiger partial charge >= 0.3 is 18.3 Å². The third-order valence-corrected chi connectivity index (χ3v) is 3.89. The van der Waals surface area contributed by atoms with Crippen LogP contribution in [0.3, 0.4) is 0 Å². The van der Waals surface area contributed by atoms with Gasteiger partial charge in [-0.3, -0.25) is 20.3 Å². The third-order valence-electron chi connectivity index (χ3n) is 3.89. The zero-order valence-corrected chi connectivity index (χ0v) is 11.8. The Morgan fingerprint density at radius 3 is 2.41 bits per heavy atom. The number of carbonyl (C=O) groups is 3. The van der Waals surface area contributed by atoms with Crippen LogP contribution < -0.4 is 10.6 Å². The lowest BCUT2D eigenvalue weighted by molar-refractivity contribution is -0.201. The predicted molar refractivity (Wildman–Crippen MR) is 66.6 cm³/mol. The van der Waals surface area contributed by atoms with E-state index in [9.17, 15) is 27.6 Å². The van der Waals surface area contributed by atoms with Crippen molar-refractivity contribution in [3.05, 3.63) is 0 Å². The highest BCUT2D eigenvalue weighted by atomic mass is 19.4. The molecule has 0 aromatic rings. The van der Waals surface area contributed by atoms with Crippen LogP contribution in [-0.2, 0) is 9.53 Å².